The summed E-state index contributed by atoms with van der Waals surface area (Å²) in [6.45, 7) is 1.60. The Labute approximate surface area is 102 Å². The highest BCUT2D eigenvalue weighted by Crippen LogP contribution is 2.08. The highest BCUT2D eigenvalue weighted by atomic mass is 16.1. The number of benzene rings is 1. The molecule has 92 valence electrons. The van der Waals surface area contributed by atoms with E-state index in [2.05, 4.69) is 5.32 Å². The molecule has 0 saturated heterocycles. The Morgan fingerprint density at radius 3 is 2.29 bits per heavy atom. The highest BCUT2D eigenvalue weighted by molar-refractivity contribution is 5.90. The molecular weight excluding hydrogens is 214 g/mol. The number of anilines is 1. The van der Waals surface area contributed by atoms with E-state index in [9.17, 15) is 9.59 Å². The van der Waals surface area contributed by atoms with Crippen LogP contribution in [0.2, 0.25) is 0 Å². The molecule has 0 bridgehead atoms. The topological polar surface area (TPSA) is 46.2 Å². The fraction of sp³-hybridized carbons (Fsp3) is 0.429. The fourth-order valence-electron chi connectivity index (χ4n) is 1.58. The first-order valence-corrected chi connectivity index (χ1v) is 6.03. The number of hydrogen-bond acceptors (Lipinski definition) is 2. The first-order valence-electron chi connectivity index (χ1n) is 6.03. The lowest BCUT2D eigenvalue weighted by Crippen LogP contribution is -2.10. The minimum absolute atomic E-state index is 0.0408. The van der Waals surface area contributed by atoms with Crippen LogP contribution in [0.3, 0.4) is 0 Å². The molecule has 0 aliphatic rings. The molecule has 1 amide bonds. The van der Waals surface area contributed by atoms with Gasteiger partial charge >= 0.3 is 0 Å². The van der Waals surface area contributed by atoms with Crippen molar-refractivity contribution >= 4 is 17.4 Å². The van der Waals surface area contributed by atoms with E-state index < -0.39 is 0 Å². The first kappa shape index (κ1) is 13.4. The minimum Gasteiger partial charge on any atom is -0.326 e. The van der Waals surface area contributed by atoms with Gasteiger partial charge in [0.2, 0.25) is 5.91 Å². The van der Waals surface area contributed by atoms with E-state index in [1.807, 2.05) is 30.3 Å². The van der Waals surface area contributed by atoms with Crippen LogP contribution in [0.5, 0.6) is 0 Å². The maximum Gasteiger partial charge on any atom is 0.224 e. The van der Waals surface area contributed by atoms with Gasteiger partial charge in [-0.15, -0.1) is 0 Å². The molecule has 0 aliphatic carbocycles. The van der Waals surface area contributed by atoms with Crippen molar-refractivity contribution in [3.05, 3.63) is 30.3 Å². The average Bonchev–Trinajstić information content (AvgIpc) is 2.29. The summed E-state index contributed by atoms with van der Waals surface area (Å²) in [5.41, 5.74) is 0.834. The number of rotatable bonds is 7. The average molecular weight is 233 g/mol. The van der Waals surface area contributed by atoms with Crippen LogP contribution in [0.25, 0.3) is 0 Å². The third-order valence-corrected chi connectivity index (χ3v) is 2.49. The van der Waals surface area contributed by atoms with E-state index in [0.29, 0.717) is 12.8 Å². The van der Waals surface area contributed by atoms with Crippen LogP contribution in [0, 0.1) is 0 Å². The van der Waals surface area contributed by atoms with Crippen LogP contribution in [0.15, 0.2) is 30.3 Å². The Bertz CT molecular complexity index is 360. The molecule has 0 heterocycles. The monoisotopic (exact) mass is 233 g/mol. The summed E-state index contributed by atoms with van der Waals surface area (Å²) in [6, 6.07) is 9.43. The van der Waals surface area contributed by atoms with Gasteiger partial charge in [0.25, 0.3) is 0 Å². The third kappa shape index (κ3) is 6.51. The maximum atomic E-state index is 11.5. The molecule has 1 rings (SSSR count). The third-order valence-electron chi connectivity index (χ3n) is 2.49. The molecule has 0 radical (unpaired) electrons. The fourth-order valence-corrected chi connectivity index (χ4v) is 1.58. The second kappa shape index (κ2) is 7.60. The van der Waals surface area contributed by atoms with Gasteiger partial charge in [-0.2, -0.15) is 0 Å². The quantitative estimate of drug-likeness (QED) is 0.735. The van der Waals surface area contributed by atoms with Crippen molar-refractivity contribution < 1.29 is 9.59 Å². The number of carbonyl (C=O) groups excluding carboxylic acids is 2. The molecule has 3 heteroatoms. The van der Waals surface area contributed by atoms with Gasteiger partial charge in [-0.25, -0.2) is 0 Å². The van der Waals surface area contributed by atoms with Gasteiger partial charge < -0.3 is 10.1 Å². The van der Waals surface area contributed by atoms with E-state index in [1.54, 1.807) is 6.92 Å². The number of ketones is 1. The van der Waals surface area contributed by atoms with Crippen molar-refractivity contribution in [2.45, 2.75) is 39.0 Å². The van der Waals surface area contributed by atoms with Crippen molar-refractivity contribution in [1.82, 2.24) is 0 Å². The van der Waals surface area contributed by atoms with Gasteiger partial charge in [0.1, 0.15) is 5.78 Å². The molecule has 1 N–H and O–H groups in total. The number of amides is 1. The van der Waals surface area contributed by atoms with Crippen LogP contribution >= 0.6 is 0 Å². The summed E-state index contributed by atoms with van der Waals surface area (Å²) >= 11 is 0. The molecule has 3 nitrogen and oxygen atoms in total. The summed E-state index contributed by atoms with van der Waals surface area (Å²) in [5, 5.41) is 2.84. The van der Waals surface area contributed by atoms with Gasteiger partial charge in [0, 0.05) is 18.5 Å². The van der Waals surface area contributed by atoms with Crippen molar-refractivity contribution in [3.63, 3.8) is 0 Å². The summed E-state index contributed by atoms with van der Waals surface area (Å²) in [7, 11) is 0. The molecule has 0 aromatic heterocycles. The van der Waals surface area contributed by atoms with Gasteiger partial charge in [0.05, 0.1) is 0 Å². The lowest BCUT2D eigenvalue weighted by atomic mass is 10.1. The molecule has 0 atom stereocenters. The number of carbonyl (C=O) groups is 2. The number of para-hydroxylation sites is 1. The van der Waals surface area contributed by atoms with Crippen molar-refractivity contribution in [3.8, 4) is 0 Å². The van der Waals surface area contributed by atoms with Gasteiger partial charge in [0.15, 0.2) is 0 Å². The molecule has 0 unspecified atom stereocenters. The summed E-state index contributed by atoms with van der Waals surface area (Å²) in [4.78, 5) is 22.2. The predicted octanol–water partition coefficient (Wildman–Crippen LogP) is 3.16. The Kier molecular flexibility index (Phi) is 6.00. The molecule has 1 aromatic rings. The zero-order chi connectivity index (χ0) is 12.5. The minimum atomic E-state index is 0.0408. The Hall–Kier alpha value is -1.64. The molecule has 1 aromatic carbocycles. The van der Waals surface area contributed by atoms with Crippen molar-refractivity contribution in [2.75, 3.05) is 5.32 Å². The summed E-state index contributed by atoms with van der Waals surface area (Å²) in [6.07, 6.45) is 3.80. The van der Waals surface area contributed by atoms with E-state index in [1.165, 1.54) is 0 Å². The highest BCUT2D eigenvalue weighted by Gasteiger charge is 2.01. The number of nitrogens with one attached hydrogen (secondary N) is 1. The molecule has 0 fully saturated rings. The lowest BCUT2D eigenvalue weighted by Gasteiger charge is -2.04. The smallest absolute Gasteiger partial charge is 0.224 e. The van der Waals surface area contributed by atoms with Crippen molar-refractivity contribution in [2.24, 2.45) is 0 Å². The van der Waals surface area contributed by atoms with Crippen LogP contribution in [0.1, 0.15) is 39.0 Å². The summed E-state index contributed by atoms with van der Waals surface area (Å²) < 4.78 is 0. The molecule has 0 aliphatic heterocycles. The first-order chi connectivity index (χ1) is 8.18. The number of Topliss-reactive ketones (excluding diaryl/α,β-unsaturated/α-hetero) is 1. The standard InChI is InChI=1S/C14H19NO2/c1-12(16)8-4-2-7-11-14(17)15-13-9-5-3-6-10-13/h3,5-6,9-10H,2,4,7-8,11H2,1H3,(H,15,17). The zero-order valence-electron chi connectivity index (χ0n) is 10.2. The molecule has 0 saturated carbocycles. The summed E-state index contributed by atoms with van der Waals surface area (Å²) in [5.74, 6) is 0.262. The van der Waals surface area contributed by atoms with E-state index in [-0.39, 0.29) is 11.7 Å². The molecular formula is C14H19NO2. The maximum absolute atomic E-state index is 11.5. The van der Waals surface area contributed by atoms with Crippen molar-refractivity contribution in [1.29, 1.82) is 0 Å². The largest absolute Gasteiger partial charge is 0.326 e. The predicted molar refractivity (Wildman–Crippen MR) is 68.8 cm³/mol. The van der Waals surface area contributed by atoms with E-state index in [0.717, 1.165) is 24.9 Å². The number of unbranched alkanes of at least 4 members (excludes halogenated alkanes) is 2. The van der Waals surface area contributed by atoms with Gasteiger partial charge in [-0.1, -0.05) is 24.6 Å². The van der Waals surface area contributed by atoms with Gasteiger partial charge in [-0.05, 0) is 31.9 Å². The van der Waals surface area contributed by atoms with Crippen LogP contribution in [-0.4, -0.2) is 11.7 Å². The Balaban J connectivity index is 2.12. The second-order valence-electron chi connectivity index (χ2n) is 4.18. The van der Waals surface area contributed by atoms with Crippen LogP contribution in [0.4, 0.5) is 5.69 Å². The zero-order valence-corrected chi connectivity index (χ0v) is 10.2. The molecule has 0 spiro atoms. The van der Waals surface area contributed by atoms with E-state index >= 15 is 0 Å². The van der Waals surface area contributed by atoms with Crippen LogP contribution < -0.4 is 5.32 Å². The van der Waals surface area contributed by atoms with Crippen LogP contribution in [-0.2, 0) is 9.59 Å². The Morgan fingerprint density at radius 2 is 1.65 bits per heavy atom. The molecule has 17 heavy (non-hydrogen) atoms. The normalized spacial score (nSPS) is 9.94. The lowest BCUT2D eigenvalue weighted by molar-refractivity contribution is -0.117. The Morgan fingerprint density at radius 1 is 1.00 bits per heavy atom. The van der Waals surface area contributed by atoms with E-state index in [4.69, 9.17) is 0 Å². The van der Waals surface area contributed by atoms with Gasteiger partial charge in [-0.3, -0.25) is 4.79 Å². The number of hydrogen-bond donors (Lipinski definition) is 1. The second-order valence-corrected chi connectivity index (χ2v) is 4.18. The SMILES string of the molecule is CC(=O)CCCCCC(=O)Nc1ccccc1.